The zero-order valence-electron chi connectivity index (χ0n) is 10.8. The van der Waals surface area contributed by atoms with Gasteiger partial charge in [-0.1, -0.05) is 0 Å². The van der Waals surface area contributed by atoms with Crippen LogP contribution in [0.2, 0.25) is 0 Å². The Balaban J connectivity index is 2.09. The topological polar surface area (TPSA) is 28.2 Å². The van der Waals surface area contributed by atoms with E-state index >= 15 is 0 Å². The molecular formula is C12H23N3S. The Morgan fingerprint density at radius 1 is 1.25 bits per heavy atom. The van der Waals surface area contributed by atoms with Crippen molar-refractivity contribution in [2.24, 2.45) is 0 Å². The fourth-order valence-electron chi connectivity index (χ4n) is 1.62. The maximum Gasteiger partial charge on any atom is 0.0900 e. The van der Waals surface area contributed by atoms with Crippen molar-refractivity contribution < 1.29 is 0 Å². The zero-order valence-corrected chi connectivity index (χ0v) is 11.7. The predicted molar refractivity (Wildman–Crippen MR) is 71.1 cm³/mol. The van der Waals surface area contributed by atoms with Crippen molar-refractivity contribution in [2.75, 3.05) is 27.2 Å². The normalized spacial score (nSPS) is 11.3. The first-order valence-corrected chi connectivity index (χ1v) is 6.69. The van der Waals surface area contributed by atoms with Gasteiger partial charge in [-0.2, -0.15) is 0 Å². The molecule has 0 spiro atoms. The molecule has 0 aliphatic rings. The van der Waals surface area contributed by atoms with E-state index in [2.05, 4.69) is 43.1 Å². The molecule has 0 aromatic carbocycles. The van der Waals surface area contributed by atoms with E-state index in [-0.39, 0.29) is 0 Å². The zero-order chi connectivity index (χ0) is 12.0. The molecule has 4 heteroatoms. The summed E-state index contributed by atoms with van der Waals surface area (Å²) in [5, 5.41) is 4.65. The van der Waals surface area contributed by atoms with Gasteiger partial charge in [0.25, 0.3) is 0 Å². The molecule has 1 rings (SSSR count). The largest absolute Gasteiger partial charge is 0.312 e. The Bertz CT molecular complexity index is 307. The first-order chi connectivity index (χ1) is 7.59. The van der Waals surface area contributed by atoms with Crippen LogP contribution in [-0.4, -0.2) is 37.1 Å². The third-order valence-electron chi connectivity index (χ3n) is 2.49. The number of thiazole rings is 1. The molecule has 1 N–H and O–H groups in total. The molecule has 0 unspecified atom stereocenters. The van der Waals surface area contributed by atoms with Gasteiger partial charge in [-0.05, 0) is 53.9 Å². The minimum Gasteiger partial charge on any atom is -0.312 e. The molecule has 1 heterocycles. The number of hydrogen-bond donors (Lipinski definition) is 1. The second kappa shape index (κ2) is 6.99. The monoisotopic (exact) mass is 241 g/mol. The molecule has 1 aromatic rings. The lowest BCUT2D eigenvalue weighted by Crippen LogP contribution is -2.18. The molecule has 16 heavy (non-hydrogen) atoms. The highest BCUT2D eigenvalue weighted by Crippen LogP contribution is 2.16. The number of aryl methyl sites for hydroxylation is 2. The van der Waals surface area contributed by atoms with Crippen molar-refractivity contribution in [3.05, 3.63) is 15.6 Å². The fourth-order valence-corrected chi connectivity index (χ4v) is 2.52. The van der Waals surface area contributed by atoms with Crippen molar-refractivity contribution >= 4 is 11.3 Å². The van der Waals surface area contributed by atoms with E-state index in [4.69, 9.17) is 0 Å². The summed E-state index contributed by atoms with van der Waals surface area (Å²) in [6, 6.07) is 0. The van der Waals surface area contributed by atoms with Crippen molar-refractivity contribution in [1.82, 2.24) is 15.2 Å². The highest BCUT2D eigenvalue weighted by atomic mass is 32.1. The fraction of sp³-hybridized carbons (Fsp3) is 0.750. The molecule has 92 valence electrons. The van der Waals surface area contributed by atoms with Crippen LogP contribution >= 0.6 is 11.3 Å². The van der Waals surface area contributed by atoms with Crippen LogP contribution in [0.3, 0.4) is 0 Å². The van der Waals surface area contributed by atoms with Crippen LogP contribution in [-0.2, 0) is 6.54 Å². The first-order valence-electron chi connectivity index (χ1n) is 5.88. The number of hydrogen-bond acceptors (Lipinski definition) is 4. The van der Waals surface area contributed by atoms with E-state index in [1.165, 1.54) is 35.0 Å². The molecule has 1 aromatic heterocycles. The number of aromatic nitrogens is 1. The summed E-state index contributed by atoms with van der Waals surface area (Å²) in [6.45, 7) is 7.41. The molecule has 0 saturated heterocycles. The standard InChI is InChI=1S/C12H23N3S/c1-10-12(16-11(2)14-10)9-13-7-5-6-8-15(3)4/h13H,5-9H2,1-4H3. The van der Waals surface area contributed by atoms with E-state index < -0.39 is 0 Å². The van der Waals surface area contributed by atoms with Crippen LogP contribution < -0.4 is 5.32 Å². The molecule has 0 fully saturated rings. The smallest absolute Gasteiger partial charge is 0.0900 e. The SMILES string of the molecule is Cc1nc(C)c(CNCCCCN(C)C)s1. The van der Waals surface area contributed by atoms with Gasteiger partial charge in [0.15, 0.2) is 0 Å². The minimum absolute atomic E-state index is 0.972. The summed E-state index contributed by atoms with van der Waals surface area (Å²) in [5.41, 5.74) is 1.18. The second-order valence-corrected chi connectivity index (χ2v) is 5.72. The van der Waals surface area contributed by atoms with Gasteiger partial charge in [0, 0.05) is 11.4 Å². The molecule has 0 radical (unpaired) electrons. The Morgan fingerprint density at radius 3 is 2.56 bits per heavy atom. The maximum atomic E-state index is 4.42. The Kier molecular flexibility index (Phi) is 5.95. The van der Waals surface area contributed by atoms with Crippen LogP contribution in [0.5, 0.6) is 0 Å². The van der Waals surface area contributed by atoms with Crippen LogP contribution in [0.4, 0.5) is 0 Å². The lowest BCUT2D eigenvalue weighted by molar-refractivity contribution is 0.392. The summed E-state index contributed by atoms with van der Waals surface area (Å²) in [5.74, 6) is 0. The average Bonchev–Trinajstić information content (AvgIpc) is 2.50. The van der Waals surface area contributed by atoms with E-state index in [0.29, 0.717) is 0 Å². The summed E-state index contributed by atoms with van der Waals surface area (Å²) in [6.07, 6.45) is 2.51. The maximum absolute atomic E-state index is 4.42. The second-order valence-electron chi connectivity index (χ2n) is 4.43. The summed E-state index contributed by atoms with van der Waals surface area (Å²) in [7, 11) is 4.24. The van der Waals surface area contributed by atoms with Crippen LogP contribution in [0, 0.1) is 13.8 Å². The van der Waals surface area contributed by atoms with Gasteiger partial charge < -0.3 is 10.2 Å². The summed E-state index contributed by atoms with van der Waals surface area (Å²) >= 11 is 1.80. The van der Waals surface area contributed by atoms with Gasteiger partial charge in [0.05, 0.1) is 10.7 Å². The molecule has 0 bridgehead atoms. The third-order valence-corrected chi connectivity index (χ3v) is 3.57. The van der Waals surface area contributed by atoms with Crippen molar-refractivity contribution in [3.63, 3.8) is 0 Å². The van der Waals surface area contributed by atoms with E-state index in [0.717, 1.165) is 13.1 Å². The van der Waals surface area contributed by atoms with E-state index in [1.807, 2.05) is 0 Å². The van der Waals surface area contributed by atoms with Gasteiger partial charge in [-0.3, -0.25) is 0 Å². The number of nitrogens with zero attached hydrogens (tertiary/aromatic N) is 2. The number of rotatable bonds is 7. The average molecular weight is 241 g/mol. The van der Waals surface area contributed by atoms with Crippen LogP contribution in [0.15, 0.2) is 0 Å². The molecule has 3 nitrogen and oxygen atoms in total. The quantitative estimate of drug-likeness (QED) is 0.742. The molecule has 0 aliphatic heterocycles. The van der Waals surface area contributed by atoms with Gasteiger partial charge in [0.2, 0.25) is 0 Å². The molecule has 0 aliphatic carbocycles. The lowest BCUT2D eigenvalue weighted by Gasteiger charge is -2.09. The number of nitrogens with one attached hydrogen (secondary N) is 1. The molecule has 0 saturated carbocycles. The van der Waals surface area contributed by atoms with Gasteiger partial charge in [0.1, 0.15) is 0 Å². The predicted octanol–water partition coefficient (Wildman–Crippen LogP) is 2.19. The van der Waals surface area contributed by atoms with Gasteiger partial charge in [-0.15, -0.1) is 11.3 Å². The molecule has 0 atom stereocenters. The molecular weight excluding hydrogens is 218 g/mol. The highest BCUT2D eigenvalue weighted by molar-refractivity contribution is 7.11. The number of unbranched alkanes of at least 4 members (excludes halogenated alkanes) is 1. The summed E-state index contributed by atoms with van der Waals surface area (Å²) in [4.78, 5) is 8.03. The van der Waals surface area contributed by atoms with Crippen molar-refractivity contribution in [3.8, 4) is 0 Å². The highest BCUT2D eigenvalue weighted by Gasteiger charge is 2.03. The van der Waals surface area contributed by atoms with E-state index in [1.54, 1.807) is 11.3 Å². The Hall–Kier alpha value is -0.450. The van der Waals surface area contributed by atoms with Crippen LogP contribution in [0.1, 0.15) is 28.4 Å². The van der Waals surface area contributed by atoms with Crippen LogP contribution in [0.25, 0.3) is 0 Å². The van der Waals surface area contributed by atoms with Crippen molar-refractivity contribution in [1.29, 1.82) is 0 Å². The minimum atomic E-state index is 0.972. The lowest BCUT2D eigenvalue weighted by atomic mass is 10.3. The van der Waals surface area contributed by atoms with Gasteiger partial charge in [-0.25, -0.2) is 4.98 Å². The van der Waals surface area contributed by atoms with Gasteiger partial charge >= 0.3 is 0 Å². The third kappa shape index (κ3) is 5.05. The van der Waals surface area contributed by atoms with E-state index in [9.17, 15) is 0 Å². The molecule has 0 amide bonds. The Labute approximate surface area is 103 Å². The van der Waals surface area contributed by atoms with Crippen molar-refractivity contribution in [2.45, 2.75) is 33.2 Å². The summed E-state index contributed by atoms with van der Waals surface area (Å²) < 4.78 is 0. The Morgan fingerprint density at radius 2 is 2.00 bits per heavy atom. The first kappa shape index (κ1) is 13.6.